The number of hydrogen-bond acceptors (Lipinski definition) is 4. The molecule has 0 radical (unpaired) electrons. The van der Waals surface area contributed by atoms with Crippen molar-refractivity contribution in [2.24, 2.45) is 5.73 Å². The summed E-state index contributed by atoms with van der Waals surface area (Å²) < 4.78 is 5.88. The molecule has 5 nitrogen and oxygen atoms in total. The van der Waals surface area contributed by atoms with Crippen molar-refractivity contribution in [3.05, 3.63) is 24.0 Å². The molecule has 1 aromatic rings. The Morgan fingerprint density at radius 1 is 1.53 bits per heavy atom. The molecule has 92 valence electrons. The molecule has 0 atom stereocenters. The lowest BCUT2D eigenvalue weighted by Crippen LogP contribution is -2.35. The Kier molecular flexibility index (Phi) is 3.58. The highest BCUT2D eigenvalue weighted by Gasteiger charge is 2.18. The quantitative estimate of drug-likeness (QED) is 0.600. The molecule has 0 aliphatic carbocycles. The first-order valence-electron chi connectivity index (χ1n) is 5.81. The van der Waals surface area contributed by atoms with E-state index in [1.54, 1.807) is 12.3 Å². The predicted molar refractivity (Wildman–Crippen MR) is 66.4 cm³/mol. The van der Waals surface area contributed by atoms with Crippen molar-refractivity contribution < 1.29 is 4.74 Å². The summed E-state index contributed by atoms with van der Waals surface area (Å²) in [4.78, 5) is 6.31. The average Bonchev–Trinajstić information content (AvgIpc) is 2.32. The Morgan fingerprint density at radius 2 is 2.24 bits per heavy atom. The molecule has 1 fully saturated rings. The van der Waals surface area contributed by atoms with Crippen LogP contribution in [-0.2, 0) is 0 Å². The Hall–Kier alpha value is -1.62. The normalized spacial score (nSPS) is 17.9. The Bertz CT molecular complexity index is 399. The average molecular weight is 234 g/mol. The van der Waals surface area contributed by atoms with Gasteiger partial charge in [0.15, 0.2) is 0 Å². The van der Waals surface area contributed by atoms with E-state index in [0.717, 1.165) is 31.7 Å². The van der Waals surface area contributed by atoms with Crippen LogP contribution in [0.1, 0.15) is 18.5 Å². The molecule has 1 aliphatic heterocycles. The van der Waals surface area contributed by atoms with E-state index >= 15 is 0 Å². The van der Waals surface area contributed by atoms with E-state index in [9.17, 15) is 0 Å². The van der Waals surface area contributed by atoms with Crippen molar-refractivity contribution in [1.29, 1.82) is 5.41 Å². The zero-order valence-corrected chi connectivity index (χ0v) is 10.0. The lowest BCUT2D eigenvalue weighted by Gasteiger charge is -2.29. The number of likely N-dealkylation sites (tertiary alicyclic amines) is 1. The molecule has 5 heteroatoms. The van der Waals surface area contributed by atoms with Gasteiger partial charge in [0.2, 0.25) is 0 Å². The second-order valence-corrected chi connectivity index (χ2v) is 4.41. The van der Waals surface area contributed by atoms with Gasteiger partial charge < -0.3 is 15.4 Å². The first-order chi connectivity index (χ1) is 8.15. The summed E-state index contributed by atoms with van der Waals surface area (Å²) >= 11 is 0. The number of rotatable bonds is 3. The summed E-state index contributed by atoms with van der Waals surface area (Å²) in [5, 5.41) is 7.33. The number of pyridine rings is 1. The van der Waals surface area contributed by atoms with Gasteiger partial charge in [-0.1, -0.05) is 0 Å². The van der Waals surface area contributed by atoms with Crippen LogP contribution in [0.15, 0.2) is 18.3 Å². The van der Waals surface area contributed by atoms with Crippen LogP contribution in [-0.4, -0.2) is 42.0 Å². The van der Waals surface area contributed by atoms with Crippen LogP contribution in [0.4, 0.5) is 0 Å². The van der Waals surface area contributed by atoms with Gasteiger partial charge in [0.1, 0.15) is 23.4 Å². The van der Waals surface area contributed by atoms with E-state index in [0.29, 0.717) is 5.69 Å². The van der Waals surface area contributed by atoms with Crippen LogP contribution < -0.4 is 10.5 Å². The Morgan fingerprint density at radius 3 is 2.88 bits per heavy atom. The minimum Gasteiger partial charge on any atom is -0.490 e. The number of piperidine rings is 1. The molecule has 3 N–H and O–H groups in total. The van der Waals surface area contributed by atoms with E-state index in [4.69, 9.17) is 15.9 Å². The first-order valence-corrected chi connectivity index (χ1v) is 5.81. The van der Waals surface area contributed by atoms with Crippen molar-refractivity contribution in [3.8, 4) is 5.75 Å². The van der Waals surface area contributed by atoms with Gasteiger partial charge >= 0.3 is 0 Å². The van der Waals surface area contributed by atoms with Gasteiger partial charge in [-0.2, -0.15) is 0 Å². The summed E-state index contributed by atoms with van der Waals surface area (Å²) in [6, 6.07) is 3.53. The largest absolute Gasteiger partial charge is 0.490 e. The van der Waals surface area contributed by atoms with Crippen molar-refractivity contribution in [2.45, 2.75) is 18.9 Å². The van der Waals surface area contributed by atoms with Gasteiger partial charge in [-0.25, -0.2) is 0 Å². The number of amidine groups is 1. The van der Waals surface area contributed by atoms with Gasteiger partial charge in [-0.15, -0.1) is 0 Å². The number of hydrogen-bond donors (Lipinski definition) is 2. The number of nitrogens with one attached hydrogen (secondary N) is 1. The Labute approximate surface area is 101 Å². The van der Waals surface area contributed by atoms with Crippen LogP contribution in [0.5, 0.6) is 5.75 Å². The maximum Gasteiger partial charge on any atom is 0.141 e. The van der Waals surface area contributed by atoms with Crippen LogP contribution in [0.25, 0.3) is 0 Å². The monoisotopic (exact) mass is 234 g/mol. The first kappa shape index (κ1) is 11.9. The van der Waals surface area contributed by atoms with Crippen molar-refractivity contribution in [3.63, 3.8) is 0 Å². The highest BCUT2D eigenvalue weighted by molar-refractivity contribution is 5.93. The third-order valence-electron chi connectivity index (χ3n) is 2.98. The molecular weight excluding hydrogens is 216 g/mol. The second-order valence-electron chi connectivity index (χ2n) is 4.41. The molecule has 0 aromatic carbocycles. The second kappa shape index (κ2) is 5.14. The molecule has 1 aliphatic rings. The topological polar surface area (TPSA) is 75.2 Å². The molecule has 1 saturated heterocycles. The zero-order valence-electron chi connectivity index (χ0n) is 10.0. The maximum atomic E-state index is 7.33. The minimum absolute atomic E-state index is 0.0289. The summed E-state index contributed by atoms with van der Waals surface area (Å²) in [5.74, 6) is 0.721. The van der Waals surface area contributed by atoms with Crippen LogP contribution >= 0.6 is 0 Å². The predicted octanol–water partition coefficient (Wildman–Crippen LogP) is 0.839. The third kappa shape index (κ3) is 3.17. The highest BCUT2D eigenvalue weighted by Crippen LogP contribution is 2.18. The zero-order chi connectivity index (χ0) is 12.3. The van der Waals surface area contributed by atoms with Gasteiger partial charge in [-0.3, -0.25) is 10.4 Å². The molecule has 2 rings (SSSR count). The summed E-state index contributed by atoms with van der Waals surface area (Å²) in [7, 11) is 2.12. The van der Waals surface area contributed by atoms with Crippen molar-refractivity contribution >= 4 is 5.84 Å². The molecule has 2 heterocycles. The van der Waals surface area contributed by atoms with Crippen molar-refractivity contribution in [1.82, 2.24) is 9.88 Å². The highest BCUT2D eigenvalue weighted by atomic mass is 16.5. The summed E-state index contributed by atoms with van der Waals surface area (Å²) in [6.07, 6.45) is 3.96. The lowest BCUT2D eigenvalue weighted by atomic mass is 10.1. The molecule has 0 spiro atoms. The van der Waals surface area contributed by atoms with E-state index in [1.165, 1.54) is 0 Å². The summed E-state index contributed by atoms with van der Waals surface area (Å²) in [5.41, 5.74) is 5.86. The van der Waals surface area contributed by atoms with E-state index in [1.807, 2.05) is 6.07 Å². The fraction of sp³-hybridized carbons (Fsp3) is 0.500. The maximum absolute atomic E-state index is 7.33. The van der Waals surface area contributed by atoms with Crippen LogP contribution in [0, 0.1) is 5.41 Å². The molecule has 0 saturated carbocycles. The molecule has 0 unspecified atom stereocenters. The smallest absolute Gasteiger partial charge is 0.141 e. The van der Waals surface area contributed by atoms with Crippen molar-refractivity contribution in [2.75, 3.05) is 20.1 Å². The number of nitrogens with zero attached hydrogens (tertiary/aromatic N) is 2. The van der Waals surface area contributed by atoms with E-state index in [-0.39, 0.29) is 11.9 Å². The summed E-state index contributed by atoms with van der Waals surface area (Å²) in [6.45, 7) is 2.13. The van der Waals surface area contributed by atoms with Gasteiger partial charge in [-0.05, 0) is 26.0 Å². The number of ether oxygens (including phenoxy) is 1. The van der Waals surface area contributed by atoms with Gasteiger partial charge in [0, 0.05) is 25.4 Å². The fourth-order valence-electron chi connectivity index (χ4n) is 1.93. The van der Waals surface area contributed by atoms with Crippen LogP contribution in [0.2, 0.25) is 0 Å². The SMILES string of the molecule is CN1CCC(Oc2ccnc(C(=N)N)c2)CC1. The Balaban J connectivity index is 1.98. The van der Waals surface area contributed by atoms with Gasteiger partial charge in [0.25, 0.3) is 0 Å². The van der Waals surface area contributed by atoms with E-state index < -0.39 is 0 Å². The number of nitrogen functional groups attached to an aromatic ring is 1. The number of aromatic nitrogens is 1. The molecule has 0 amide bonds. The standard InChI is InChI=1S/C12H18N4O/c1-16-6-3-9(4-7-16)17-10-2-5-15-11(8-10)12(13)14/h2,5,8-9H,3-4,6-7H2,1H3,(H3,13,14). The molecule has 1 aromatic heterocycles. The van der Waals surface area contributed by atoms with Gasteiger partial charge in [0.05, 0.1) is 0 Å². The molecule has 17 heavy (non-hydrogen) atoms. The van der Waals surface area contributed by atoms with E-state index in [2.05, 4.69) is 16.9 Å². The minimum atomic E-state index is -0.0289. The fourth-order valence-corrected chi connectivity index (χ4v) is 1.93. The molecule has 0 bridgehead atoms. The third-order valence-corrected chi connectivity index (χ3v) is 2.98. The number of nitrogens with two attached hydrogens (primary N) is 1. The lowest BCUT2D eigenvalue weighted by molar-refractivity contribution is 0.114. The molecular formula is C12H18N4O. The van der Waals surface area contributed by atoms with Crippen LogP contribution in [0.3, 0.4) is 0 Å².